The van der Waals surface area contributed by atoms with Crippen molar-refractivity contribution < 1.29 is 19.5 Å². The molecule has 5 nitrogen and oxygen atoms in total. The van der Waals surface area contributed by atoms with E-state index in [1.807, 2.05) is 24.3 Å². The van der Waals surface area contributed by atoms with Crippen LogP contribution in [0.4, 0.5) is 0 Å². The number of hydrogen-bond acceptors (Lipinski definition) is 3. The summed E-state index contributed by atoms with van der Waals surface area (Å²) in [7, 11) is 0. The van der Waals surface area contributed by atoms with E-state index >= 15 is 0 Å². The van der Waals surface area contributed by atoms with Gasteiger partial charge in [0.2, 0.25) is 0 Å². The minimum absolute atomic E-state index is 0.0158. The minimum atomic E-state index is -0.872. The van der Waals surface area contributed by atoms with Crippen LogP contribution in [0.5, 0.6) is 0 Å². The Morgan fingerprint density at radius 3 is 2.84 bits per heavy atom. The predicted molar refractivity (Wildman–Crippen MR) is 90.7 cm³/mol. The van der Waals surface area contributed by atoms with Crippen molar-refractivity contribution in [2.45, 2.75) is 25.3 Å². The highest BCUT2D eigenvalue weighted by molar-refractivity contribution is 6.19. The normalized spacial score (nSPS) is 21.0. The largest absolute Gasteiger partial charge is 0.481 e. The van der Waals surface area contributed by atoms with Gasteiger partial charge in [-0.2, -0.15) is 0 Å². The number of hydrogen-bond donors (Lipinski definition) is 1. The average Bonchev–Trinajstić information content (AvgIpc) is 2.96. The summed E-state index contributed by atoms with van der Waals surface area (Å²) >= 11 is 0. The molecule has 1 atom stereocenters. The number of benzene rings is 1. The Hall–Kier alpha value is -2.95. The summed E-state index contributed by atoms with van der Waals surface area (Å²) in [4.78, 5) is 38.0. The van der Waals surface area contributed by atoms with Crippen molar-refractivity contribution in [3.05, 3.63) is 70.3 Å². The Labute approximate surface area is 144 Å². The van der Waals surface area contributed by atoms with Crippen LogP contribution in [0, 0.1) is 0 Å². The second-order valence-corrected chi connectivity index (χ2v) is 6.48. The number of amides is 1. The molecule has 0 radical (unpaired) electrons. The van der Waals surface area contributed by atoms with Crippen LogP contribution in [0.2, 0.25) is 0 Å². The molecule has 0 spiro atoms. The Morgan fingerprint density at radius 1 is 1.24 bits per heavy atom. The molecular formula is C20H17NO4. The third-order valence-corrected chi connectivity index (χ3v) is 5.00. The fourth-order valence-corrected chi connectivity index (χ4v) is 3.98. The van der Waals surface area contributed by atoms with Crippen LogP contribution in [0.15, 0.2) is 59.2 Å². The zero-order valence-electron chi connectivity index (χ0n) is 13.6. The second-order valence-electron chi connectivity index (χ2n) is 6.48. The molecule has 1 unspecified atom stereocenters. The van der Waals surface area contributed by atoms with E-state index in [-0.39, 0.29) is 24.2 Å². The molecular weight excluding hydrogens is 318 g/mol. The van der Waals surface area contributed by atoms with E-state index < -0.39 is 5.97 Å². The van der Waals surface area contributed by atoms with E-state index in [0.717, 1.165) is 16.7 Å². The number of carbonyl (C=O) groups is 3. The molecule has 126 valence electrons. The van der Waals surface area contributed by atoms with Crippen LogP contribution in [0.3, 0.4) is 0 Å². The summed E-state index contributed by atoms with van der Waals surface area (Å²) in [5.74, 6) is -1.19. The third-order valence-electron chi connectivity index (χ3n) is 5.00. The lowest BCUT2D eigenvalue weighted by Crippen LogP contribution is -2.42. The zero-order valence-corrected chi connectivity index (χ0v) is 13.6. The Kier molecular flexibility index (Phi) is 3.64. The number of aliphatic carboxylic acids is 1. The van der Waals surface area contributed by atoms with Gasteiger partial charge in [-0.3, -0.25) is 14.4 Å². The number of nitrogens with zero attached hydrogens (tertiary/aromatic N) is 1. The van der Waals surface area contributed by atoms with Gasteiger partial charge >= 0.3 is 5.97 Å². The van der Waals surface area contributed by atoms with Crippen molar-refractivity contribution in [3.63, 3.8) is 0 Å². The molecule has 1 amide bonds. The first-order valence-electron chi connectivity index (χ1n) is 8.34. The van der Waals surface area contributed by atoms with Crippen LogP contribution in [0.1, 0.15) is 30.0 Å². The maximum atomic E-state index is 13.0. The topological polar surface area (TPSA) is 74.7 Å². The van der Waals surface area contributed by atoms with E-state index in [9.17, 15) is 14.4 Å². The molecule has 1 N–H and O–H groups in total. The summed E-state index contributed by atoms with van der Waals surface area (Å²) in [6.07, 6.45) is 5.85. The highest BCUT2D eigenvalue weighted by Crippen LogP contribution is 2.47. The molecule has 1 aliphatic heterocycles. The van der Waals surface area contributed by atoms with Gasteiger partial charge in [-0.15, -0.1) is 0 Å². The maximum Gasteiger partial charge on any atom is 0.303 e. The fraction of sp³-hybridized carbons (Fsp3) is 0.250. The molecule has 5 heteroatoms. The van der Waals surface area contributed by atoms with Crippen molar-refractivity contribution >= 4 is 17.7 Å². The summed E-state index contributed by atoms with van der Waals surface area (Å²) in [6, 6.07) is 7.63. The summed E-state index contributed by atoms with van der Waals surface area (Å²) in [5, 5.41) is 8.90. The number of ketones is 1. The molecule has 0 saturated carbocycles. The standard InChI is InChI=1S/C20H17NO4/c22-16-8-3-7-14-18(16)15-11-12-5-1-2-6-13(12)19(15)21(20(14)25)10-4-9-17(23)24/h1-3,5-8,19H,4,9-11H2,(H,23,24). The van der Waals surface area contributed by atoms with Gasteiger partial charge in [0.15, 0.2) is 5.78 Å². The monoisotopic (exact) mass is 335 g/mol. The molecule has 0 bridgehead atoms. The second kappa shape index (κ2) is 5.84. The number of carboxylic acid groups (broad SMARTS) is 1. The number of allylic oxidation sites excluding steroid dienone is 3. The number of carbonyl (C=O) groups excluding carboxylic acids is 2. The highest BCUT2D eigenvalue weighted by Gasteiger charge is 2.44. The molecule has 25 heavy (non-hydrogen) atoms. The number of rotatable bonds is 4. The molecule has 0 aromatic heterocycles. The van der Waals surface area contributed by atoms with Crippen molar-refractivity contribution in [2.24, 2.45) is 0 Å². The molecule has 3 aliphatic rings. The van der Waals surface area contributed by atoms with Gasteiger partial charge in [0.05, 0.1) is 11.6 Å². The molecule has 4 rings (SSSR count). The van der Waals surface area contributed by atoms with E-state index in [1.165, 1.54) is 6.08 Å². The highest BCUT2D eigenvalue weighted by atomic mass is 16.4. The lowest BCUT2D eigenvalue weighted by Gasteiger charge is -2.37. The fourth-order valence-electron chi connectivity index (χ4n) is 3.98. The minimum Gasteiger partial charge on any atom is -0.481 e. The van der Waals surface area contributed by atoms with E-state index in [0.29, 0.717) is 30.5 Å². The zero-order chi connectivity index (χ0) is 17.6. The van der Waals surface area contributed by atoms with Crippen molar-refractivity contribution in [3.8, 4) is 0 Å². The van der Waals surface area contributed by atoms with Crippen molar-refractivity contribution in [1.29, 1.82) is 0 Å². The summed E-state index contributed by atoms with van der Waals surface area (Å²) in [5.41, 5.74) is 4.08. The Bertz CT molecular complexity index is 891. The average molecular weight is 335 g/mol. The SMILES string of the molecule is O=C(O)CCCN1C(=O)C2=CC=CC(=O)C2=C2Cc3ccccc3C21. The van der Waals surface area contributed by atoms with Gasteiger partial charge in [-0.25, -0.2) is 0 Å². The van der Waals surface area contributed by atoms with Crippen LogP contribution >= 0.6 is 0 Å². The molecule has 1 heterocycles. The van der Waals surface area contributed by atoms with Crippen LogP contribution < -0.4 is 0 Å². The number of fused-ring (bicyclic) bond motifs is 4. The summed E-state index contributed by atoms with van der Waals surface area (Å²) < 4.78 is 0. The van der Waals surface area contributed by atoms with Crippen molar-refractivity contribution in [1.82, 2.24) is 4.90 Å². The van der Waals surface area contributed by atoms with Crippen LogP contribution in [-0.2, 0) is 20.8 Å². The maximum absolute atomic E-state index is 13.0. The van der Waals surface area contributed by atoms with Gasteiger partial charge in [-0.1, -0.05) is 30.3 Å². The molecule has 0 fully saturated rings. The van der Waals surface area contributed by atoms with Crippen LogP contribution in [0.25, 0.3) is 0 Å². The van der Waals surface area contributed by atoms with E-state index in [1.54, 1.807) is 17.1 Å². The summed E-state index contributed by atoms with van der Waals surface area (Å²) in [6.45, 7) is 0.357. The smallest absolute Gasteiger partial charge is 0.303 e. The first-order chi connectivity index (χ1) is 12.1. The quantitative estimate of drug-likeness (QED) is 0.916. The molecule has 0 saturated heterocycles. The van der Waals surface area contributed by atoms with Gasteiger partial charge < -0.3 is 10.0 Å². The Morgan fingerprint density at radius 2 is 2.04 bits per heavy atom. The van der Waals surface area contributed by atoms with Crippen molar-refractivity contribution in [2.75, 3.05) is 6.54 Å². The van der Waals surface area contributed by atoms with Gasteiger partial charge in [-0.05, 0) is 41.7 Å². The predicted octanol–water partition coefficient (Wildman–Crippen LogP) is 2.35. The lowest BCUT2D eigenvalue weighted by molar-refractivity contribution is -0.138. The molecule has 2 aliphatic carbocycles. The molecule has 1 aromatic rings. The van der Waals surface area contributed by atoms with Crippen LogP contribution in [-0.4, -0.2) is 34.2 Å². The molecule has 1 aromatic carbocycles. The van der Waals surface area contributed by atoms with Gasteiger partial charge in [0.25, 0.3) is 5.91 Å². The van der Waals surface area contributed by atoms with E-state index in [4.69, 9.17) is 5.11 Å². The number of carboxylic acids is 1. The third kappa shape index (κ3) is 2.43. The van der Waals surface area contributed by atoms with Gasteiger partial charge in [0.1, 0.15) is 0 Å². The Balaban J connectivity index is 1.81. The lowest BCUT2D eigenvalue weighted by atomic mass is 9.84. The first-order valence-corrected chi connectivity index (χ1v) is 8.34. The first kappa shape index (κ1) is 15.6. The van der Waals surface area contributed by atoms with E-state index in [2.05, 4.69) is 0 Å². The van der Waals surface area contributed by atoms with Gasteiger partial charge in [0, 0.05) is 18.5 Å².